The van der Waals surface area contributed by atoms with Crippen molar-refractivity contribution in [2.24, 2.45) is 11.8 Å². The second kappa shape index (κ2) is 5.15. The van der Waals surface area contributed by atoms with Crippen LogP contribution >= 0.6 is 0 Å². The summed E-state index contributed by atoms with van der Waals surface area (Å²) in [7, 11) is 1.89. The van der Waals surface area contributed by atoms with Gasteiger partial charge in [-0.1, -0.05) is 11.6 Å². The molecule has 20 heavy (non-hydrogen) atoms. The Morgan fingerprint density at radius 1 is 1.50 bits per heavy atom. The zero-order valence-electron chi connectivity index (χ0n) is 12.6. The fraction of sp³-hybridized carbons (Fsp3) is 0.812. The first-order valence-corrected chi connectivity index (χ1v) is 7.74. The van der Waals surface area contributed by atoms with Gasteiger partial charge < -0.3 is 14.8 Å². The number of fused-ring (bicyclic) bond motifs is 3. The van der Waals surface area contributed by atoms with Gasteiger partial charge in [0.05, 0.1) is 11.5 Å². The lowest BCUT2D eigenvalue weighted by molar-refractivity contribution is -0.144. The van der Waals surface area contributed by atoms with Crippen LogP contribution in [0.3, 0.4) is 0 Å². The van der Waals surface area contributed by atoms with Crippen LogP contribution in [0.4, 0.5) is 0 Å². The van der Waals surface area contributed by atoms with Gasteiger partial charge in [-0.05, 0) is 46.6 Å². The maximum Gasteiger partial charge on any atom is 0.311 e. The van der Waals surface area contributed by atoms with Crippen LogP contribution in [0.25, 0.3) is 0 Å². The van der Waals surface area contributed by atoms with Crippen LogP contribution in [0.2, 0.25) is 0 Å². The number of carbonyl (C=O) groups is 1. The lowest BCUT2D eigenvalue weighted by atomic mass is 9.80. The summed E-state index contributed by atoms with van der Waals surface area (Å²) in [6.07, 6.45) is 6.54. The molecule has 1 aliphatic carbocycles. The van der Waals surface area contributed by atoms with Gasteiger partial charge >= 0.3 is 5.97 Å². The highest BCUT2D eigenvalue weighted by Gasteiger charge is 2.62. The highest BCUT2D eigenvalue weighted by Crippen LogP contribution is 2.50. The number of carbonyl (C=O) groups excluding carboxylic acids is 1. The van der Waals surface area contributed by atoms with E-state index in [0.29, 0.717) is 6.54 Å². The van der Waals surface area contributed by atoms with Crippen molar-refractivity contribution in [3.63, 3.8) is 0 Å². The van der Waals surface area contributed by atoms with E-state index in [2.05, 4.69) is 25.2 Å². The third kappa shape index (κ3) is 2.40. The molecule has 4 heteroatoms. The quantitative estimate of drug-likeness (QED) is 0.477. The molecule has 2 fully saturated rings. The molecular formula is C16H25NO3. The largest absolute Gasteiger partial charge is 0.459 e. The van der Waals surface area contributed by atoms with Gasteiger partial charge in [-0.2, -0.15) is 0 Å². The molecular weight excluding hydrogens is 254 g/mol. The number of rotatable bonds is 2. The van der Waals surface area contributed by atoms with E-state index < -0.39 is 0 Å². The molecule has 0 aromatic carbocycles. The maximum absolute atomic E-state index is 12.1. The molecule has 112 valence electrons. The summed E-state index contributed by atoms with van der Waals surface area (Å²) in [5, 5.41) is 3.13. The SMILES string of the molecule is CNC[C@@H]1C(=O)O[C@H]2[C@H]1CC/C(C)=C/CC[C@@]1(C)O[C@@H]21. The summed E-state index contributed by atoms with van der Waals surface area (Å²) in [5.74, 6) is 0.210. The Kier molecular flexibility index (Phi) is 3.63. The number of epoxide rings is 1. The Morgan fingerprint density at radius 3 is 3.05 bits per heavy atom. The molecule has 2 aliphatic heterocycles. The zero-order chi connectivity index (χ0) is 14.3. The minimum absolute atomic E-state index is 0.0225. The number of ether oxygens (including phenoxy) is 2. The standard InChI is InChI=1S/C16H25NO3/c1-10-5-4-8-16(2)14(20-16)13-11(7-6-10)12(9-17-3)15(18)19-13/h5,11-14,17H,4,6-9H2,1-3H3/b10-5+/t11-,12-,13-,14-,16+/m0/s1. The van der Waals surface area contributed by atoms with Gasteiger partial charge in [0.1, 0.15) is 12.2 Å². The minimum Gasteiger partial charge on any atom is -0.459 e. The first kappa shape index (κ1) is 14.1. The summed E-state index contributed by atoms with van der Waals surface area (Å²) in [6.45, 7) is 5.04. The van der Waals surface area contributed by atoms with Crippen molar-refractivity contribution in [3.05, 3.63) is 11.6 Å². The molecule has 0 saturated carbocycles. The lowest BCUT2D eigenvalue weighted by Crippen LogP contribution is -2.33. The Balaban J connectivity index is 1.83. The molecule has 5 atom stereocenters. The number of nitrogens with one attached hydrogen (secondary N) is 1. The highest BCUT2D eigenvalue weighted by molar-refractivity contribution is 5.75. The van der Waals surface area contributed by atoms with Gasteiger partial charge in [0, 0.05) is 12.5 Å². The van der Waals surface area contributed by atoms with E-state index >= 15 is 0 Å². The van der Waals surface area contributed by atoms with E-state index in [0.717, 1.165) is 25.7 Å². The van der Waals surface area contributed by atoms with Crippen LogP contribution in [0.5, 0.6) is 0 Å². The molecule has 3 rings (SSSR count). The van der Waals surface area contributed by atoms with Gasteiger partial charge in [-0.15, -0.1) is 0 Å². The monoisotopic (exact) mass is 279 g/mol. The predicted molar refractivity (Wildman–Crippen MR) is 76.3 cm³/mol. The molecule has 3 aliphatic rings. The van der Waals surface area contributed by atoms with Crippen LogP contribution < -0.4 is 5.32 Å². The molecule has 0 spiro atoms. The van der Waals surface area contributed by atoms with Gasteiger partial charge in [0.25, 0.3) is 0 Å². The van der Waals surface area contributed by atoms with Gasteiger partial charge in [-0.3, -0.25) is 4.79 Å². The van der Waals surface area contributed by atoms with E-state index in [-0.39, 0.29) is 35.6 Å². The fourth-order valence-electron chi connectivity index (χ4n) is 3.79. The first-order chi connectivity index (χ1) is 9.55. The normalized spacial score (nSPS) is 46.8. The molecule has 0 aromatic heterocycles. The van der Waals surface area contributed by atoms with Crippen LogP contribution in [0.15, 0.2) is 11.6 Å². The van der Waals surface area contributed by atoms with Crippen LogP contribution in [0.1, 0.15) is 39.5 Å². The van der Waals surface area contributed by atoms with Crippen molar-refractivity contribution in [1.29, 1.82) is 0 Å². The fourth-order valence-corrected chi connectivity index (χ4v) is 3.79. The first-order valence-electron chi connectivity index (χ1n) is 7.74. The minimum atomic E-state index is -0.0914. The number of esters is 1. The Hall–Kier alpha value is -0.870. The summed E-state index contributed by atoms with van der Waals surface area (Å²) < 4.78 is 11.6. The second-order valence-corrected chi connectivity index (χ2v) is 6.71. The van der Waals surface area contributed by atoms with E-state index in [1.165, 1.54) is 5.57 Å². The lowest BCUT2D eigenvalue weighted by Gasteiger charge is -2.22. The number of hydrogen-bond donors (Lipinski definition) is 1. The molecule has 2 saturated heterocycles. The average molecular weight is 279 g/mol. The molecule has 0 bridgehead atoms. The van der Waals surface area contributed by atoms with Crippen molar-refractivity contribution in [2.45, 2.75) is 57.3 Å². The molecule has 0 unspecified atom stereocenters. The third-order valence-corrected chi connectivity index (χ3v) is 5.16. The van der Waals surface area contributed by atoms with Crippen molar-refractivity contribution in [3.8, 4) is 0 Å². The average Bonchev–Trinajstić information content (AvgIpc) is 2.97. The van der Waals surface area contributed by atoms with E-state index in [1.54, 1.807) is 0 Å². The summed E-state index contributed by atoms with van der Waals surface area (Å²) in [6, 6.07) is 0. The Bertz CT molecular complexity index is 433. The van der Waals surface area contributed by atoms with Crippen LogP contribution in [-0.2, 0) is 14.3 Å². The zero-order valence-corrected chi connectivity index (χ0v) is 12.6. The van der Waals surface area contributed by atoms with Crippen molar-refractivity contribution < 1.29 is 14.3 Å². The second-order valence-electron chi connectivity index (χ2n) is 6.71. The Labute approximate surface area is 120 Å². The number of allylic oxidation sites excluding steroid dienone is 2. The molecule has 0 aromatic rings. The van der Waals surface area contributed by atoms with E-state index in [4.69, 9.17) is 9.47 Å². The van der Waals surface area contributed by atoms with Gasteiger partial charge in [0.15, 0.2) is 0 Å². The highest BCUT2D eigenvalue weighted by atomic mass is 16.6. The molecule has 0 radical (unpaired) electrons. The topological polar surface area (TPSA) is 50.9 Å². The smallest absolute Gasteiger partial charge is 0.311 e. The number of hydrogen-bond acceptors (Lipinski definition) is 4. The molecule has 2 heterocycles. The van der Waals surface area contributed by atoms with Crippen LogP contribution in [-0.4, -0.2) is 37.4 Å². The summed E-state index contributed by atoms with van der Waals surface area (Å²) in [4.78, 5) is 12.1. The van der Waals surface area contributed by atoms with Gasteiger partial charge in [0.2, 0.25) is 0 Å². The van der Waals surface area contributed by atoms with E-state index in [1.807, 2.05) is 7.05 Å². The molecule has 0 amide bonds. The Morgan fingerprint density at radius 2 is 2.30 bits per heavy atom. The summed E-state index contributed by atoms with van der Waals surface area (Å²) >= 11 is 0. The van der Waals surface area contributed by atoms with Crippen molar-refractivity contribution in [1.82, 2.24) is 5.32 Å². The predicted octanol–water partition coefficient (Wildman–Crippen LogP) is 2.04. The van der Waals surface area contributed by atoms with Crippen molar-refractivity contribution in [2.75, 3.05) is 13.6 Å². The maximum atomic E-state index is 12.1. The molecule has 1 N–H and O–H groups in total. The van der Waals surface area contributed by atoms with Crippen molar-refractivity contribution >= 4 is 5.97 Å². The van der Waals surface area contributed by atoms with Gasteiger partial charge in [-0.25, -0.2) is 0 Å². The van der Waals surface area contributed by atoms with E-state index in [9.17, 15) is 4.79 Å². The third-order valence-electron chi connectivity index (χ3n) is 5.16. The van der Waals surface area contributed by atoms with Crippen LogP contribution in [0, 0.1) is 11.8 Å². The molecule has 4 nitrogen and oxygen atoms in total. The summed E-state index contributed by atoms with van der Waals surface area (Å²) in [5.41, 5.74) is 1.33.